The SMILES string of the molecule is CNC1CCCC(C)(C)N(C(=N)CCC=N)C1=O. The molecule has 1 fully saturated rings. The summed E-state index contributed by atoms with van der Waals surface area (Å²) in [5, 5.41) is 18.2. The molecule has 18 heavy (non-hydrogen) atoms. The molecule has 5 heteroatoms. The summed E-state index contributed by atoms with van der Waals surface area (Å²) >= 11 is 0. The zero-order valence-corrected chi connectivity index (χ0v) is 11.5. The Morgan fingerprint density at radius 3 is 2.83 bits per heavy atom. The Hall–Kier alpha value is -1.23. The quantitative estimate of drug-likeness (QED) is 0.526. The van der Waals surface area contributed by atoms with E-state index >= 15 is 0 Å². The van der Waals surface area contributed by atoms with E-state index in [1.54, 1.807) is 11.9 Å². The maximum atomic E-state index is 12.5. The Morgan fingerprint density at radius 2 is 2.28 bits per heavy atom. The van der Waals surface area contributed by atoms with E-state index in [-0.39, 0.29) is 17.5 Å². The van der Waals surface area contributed by atoms with Crippen LogP contribution < -0.4 is 5.32 Å². The number of carbonyl (C=O) groups is 1. The molecule has 1 atom stereocenters. The molecule has 0 aromatic carbocycles. The van der Waals surface area contributed by atoms with Gasteiger partial charge in [0.25, 0.3) is 0 Å². The highest BCUT2D eigenvalue weighted by Crippen LogP contribution is 2.28. The first kappa shape index (κ1) is 14.8. The van der Waals surface area contributed by atoms with E-state index in [9.17, 15) is 4.79 Å². The molecule has 0 aromatic heterocycles. The number of likely N-dealkylation sites (N-methyl/N-ethyl adjacent to an activating group) is 1. The Morgan fingerprint density at radius 1 is 1.61 bits per heavy atom. The fraction of sp³-hybridized carbons (Fsp3) is 0.769. The van der Waals surface area contributed by atoms with Crippen molar-refractivity contribution in [1.82, 2.24) is 10.2 Å². The van der Waals surface area contributed by atoms with E-state index < -0.39 is 0 Å². The highest BCUT2D eigenvalue weighted by Gasteiger charge is 2.39. The van der Waals surface area contributed by atoms with E-state index in [4.69, 9.17) is 10.8 Å². The largest absolute Gasteiger partial charge is 0.313 e. The number of likely N-dealkylation sites (tertiary alicyclic amines) is 1. The zero-order valence-electron chi connectivity index (χ0n) is 11.5. The molecule has 1 saturated heterocycles. The first-order valence-corrected chi connectivity index (χ1v) is 6.51. The van der Waals surface area contributed by atoms with E-state index in [0.717, 1.165) is 19.3 Å². The van der Waals surface area contributed by atoms with Gasteiger partial charge in [-0.25, -0.2) is 0 Å². The van der Waals surface area contributed by atoms with Crippen LogP contribution in [0.15, 0.2) is 0 Å². The summed E-state index contributed by atoms with van der Waals surface area (Å²) in [4.78, 5) is 14.1. The Bertz CT molecular complexity index is 338. The molecule has 102 valence electrons. The van der Waals surface area contributed by atoms with Crippen molar-refractivity contribution in [3.8, 4) is 0 Å². The third kappa shape index (κ3) is 3.16. The van der Waals surface area contributed by atoms with Gasteiger partial charge in [-0.3, -0.25) is 15.1 Å². The predicted molar refractivity (Wildman–Crippen MR) is 73.4 cm³/mol. The van der Waals surface area contributed by atoms with Gasteiger partial charge in [0.2, 0.25) is 5.91 Å². The summed E-state index contributed by atoms with van der Waals surface area (Å²) in [6.07, 6.45) is 4.98. The van der Waals surface area contributed by atoms with Crippen LogP contribution in [0.2, 0.25) is 0 Å². The van der Waals surface area contributed by atoms with Gasteiger partial charge >= 0.3 is 0 Å². The summed E-state index contributed by atoms with van der Waals surface area (Å²) < 4.78 is 0. The number of amides is 1. The summed E-state index contributed by atoms with van der Waals surface area (Å²) in [5.41, 5.74) is -0.304. The van der Waals surface area contributed by atoms with E-state index in [2.05, 4.69) is 5.32 Å². The van der Waals surface area contributed by atoms with Gasteiger partial charge < -0.3 is 10.7 Å². The molecule has 0 aliphatic carbocycles. The molecule has 0 radical (unpaired) electrons. The molecule has 5 nitrogen and oxygen atoms in total. The number of nitrogens with zero attached hydrogens (tertiary/aromatic N) is 1. The number of hydrogen-bond acceptors (Lipinski definition) is 4. The average Bonchev–Trinajstić information content (AvgIpc) is 2.42. The maximum absolute atomic E-state index is 12.5. The van der Waals surface area contributed by atoms with Crippen LogP contribution in [0.5, 0.6) is 0 Å². The minimum absolute atomic E-state index is 0.00465. The first-order chi connectivity index (χ1) is 8.44. The van der Waals surface area contributed by atoms with Crippen LogP contribution >= 0.6 is 0 Å². The predicted octanol–water partition coefficient (Wildman–Crippen LogP) is 1.77. The normalized spacial score (nSPS) is 23.6. The van der Waals surface area contributed by atoms with Gasteiger partial charge in [-0.05, 0) is 52.8 Å². The van der Waals surface area contributed by atoms with Crippen molar-refractivity contribution in [2.45, 2.75) is 57.5 Å². The van der Waals surface area contributed by atoms with Gasteiger partial charge in [-0.1, -0.05) is 0 Å². The number of carbonyl (C=O) groups excluding carboxylic acids is 1. The Labute approximate surface area is 109 Å². The average molecular weight is 252 g/mol. The molecule has 1 rings (SSSR count). The molecule has 0 aromatic rings. The lowest BCUT2D eigenvalue weighted by atomic mass is 9.96. The lowest BCUT2D eigenvalue weighted by molar-refractivity contribution is -0.132. The Balaban J connectivity index is 2.94. The Kier molecular flexibility index (Phi) is 5.02. The molecule has 0 spiro atoms. The zero-order chi connectivity index (χ0) is 13.8. The second-order valence-corrected chi connectivity index (χ2v) is 5.41. The summed E-state index contributed by atoms with van der Waals surface area (Å²) in [5.74, 6) is 0.325. The number of hydrogen-bond donors (Lipinski definition) is 3. The van der Waals surface area contributed by atoms with Crippen LogP contribution in [0, 0.1) is 10.8 Å². The van der Waals surface area contributed by atoms with Crippen molar-refractivity contribution in [3.63, 3.8) is 0 Å². The van der Waals surface area contributed by atoms with Crippen molar-refractivity contribution in [1.29, 1.82) is 10.8 Å². The standard InChI is InChI=1S/C13H24N4O/c1-13(2)8-4-6-10(16-3)12(18)17(13)11(15)7-5-9-14/h9-10,14-16H,4-8H2,1-3H3. The van der Waals surface area contributed by atoms with Gasteiger partial charge in [-0.15, -0.1) is 0 Å². The summed E-state index contributed by atoms with van der Waals surface area (Å²) in [6.45, 7) is 4.03. The van der Waals surface area contributed by atoms with Crippen LogP contribution in [0.3, 0.4) is 0 Å². The molecule has 1 heterocycles. The second kappa shape index (κ2) is 6.09. The highest BCUT2D eigenvalue weighted by molar-refractivity contribution is 6.00. The van der Waals surface area contributed by atoms with E-state index in [0.29, 0.717) is 18.7 Å². The third-order valence-corrected chi connectivity index (χ3v) is 3.55. The van der Waals surface area contributed by atoms with Gasteiger partial charge in [-0.2, -0.15) is 0 Å². The van der Waals surface area contributed by atoms with Crippen molar-refractivity contribution < 1.29 is 4.79 Å². The minimum Gasteiger partial charge on any atom is -0.313 e. The topological polar surface area (TPSA) is 80.0 Å². The van der Waals surface area contributed by atoms with Crippen LogP contribution in [0.25, 0.3) is 0 Å². The monoisotopic (exact) mass is 252 g/mol. The van der Waals surface area contributed by atoms with Gasteiger partial charge in [0.15, 0.2) is 0 Å². The molecule has 1 aliphatic heterocycles. The molecule has 0 saturated carbocycles. The van der Waals surface area contributed by atoms with Crippen molar-refractivity contribution >= 4 is 18.0 Å². The van der Waals surface area contributed by atoms with Crippen LogP contribution in [0.4, 0.5) is 0 Å². The van der Waals surface area contributed by atoms with Crippen LogP contribution in [-0.2, 0) is 4.79 Å². The molecule has 0 bridgehead atoms. The maximum Gasteiger partial charge on any atom is 0.245 e. The van der Waals surface area contributed by atoms with Crippen LogP contribution in [-0.4, -0.2) is 41.5 Å². The van der Waals surface area contributed by atoms with Crippen molar-refractivity contribution in [3.05, 3.63) is 0 Å². The van der Waals surface area contributed by atoms with Gasteiger partial charge in [0.05, 0.1) is 6.04 Å². The van der Waals surface area contributed by atoms with E-state index in [1.807, 2.05) is 13.8 Å². The van der Waals surface area contributed by atoms with Crippen molar-refractivity contribution in [2.75, 3.05) is 7.05 Å². The first-order valence-electron chi connectivity index (χ1n) is 6.51. The smallest absolute Gasteiger partial charge is 0.245 e. The molecule has 3 N–H and O–H groups in total. The molecular formula is C13H24N4O. The number of rotatable bonds is 4. The minimum atomic E-state index is -0.304. The van der Waals surface area contributed by atoms with Gasteiger partial charge in [0.1, 0.15) is 5.84 Å². The molecule has 1 aliphatic rings. The fourth-order valence-corrected chi connectivity index (χ4v) is 2.52. The third-order valence-electron chi connectivity index (χ3n) is 3.55. The lowest BCUT2D eigenvalue weighted by Gasteiger charge is -2.38. The lowest BCUT2D eigenvalue weighted by Crippen LogP contribution is -2.54. The van der Waals surface area contributed by atoms with Gasteiger partial charge in [0, 0.05) is 12.0 Å². The highest BCUT2D eigenvalue weighted by atomic mass is 16.2. The molecule has 1 amide bonds. The molecular weight excluding hydrogens is 228 g/mol. The summed E-state index contributed by atoms with van der Waals surface area (Å²) in [7, 11) is 1.79. The molecule has 1 unspecified atom stereocenters. The number of amidine groups is 1. The summed E-state index contributed by atoms with van der Waals surface area (Å²) in [6, 6.07) is -0.188. The fourth-order valence-electron chi connectivity index (χ4n) is 2.52. The van der Waals surface area contributed by atoms with E-state index in [1.165, 1.54) is 6.21 Å². The van der Waals surface area contributed by atoms with Crippen LogP contribution in [0.1, 0.15) is 46.0 Å². The van der Waals surface area contributed by atoms with Crippen molar-refractivity contribution in [2.24, 2.45) is 0 Å². The number of nitrogens with one attached hydrogen (secondary N) is 3. The second-order valence-electron chi connectivity index (χ2n) is 5.41.